The Morgan fingerprint density at radius 2 is 1.84 bits per heavy atom. The smallest absolute Gasteiger partial charge is 0.319 e. The molecule has 3 rings (SSSR count). The average Bonchev–Trinajstić information content (AvgIpc) is 3.07. The van der Waals surface area contributed by atoms with Crippen molar-refractivity contribution in [2.45, 2.75) is 50.9 Å². The fourth-order valence-electron chi connectivity index (χ4n) is 2.86. The van der Waals surface area contributed by atoms with Crippen LogP contribution in [0.3, 0.4) is 0 Å². The van der Waals surface area contributed by atoms with Crippen LogP contribution < -0.4 is 5.73 Å². The molecule has 1 aliphatic carbocycles. The number of aryl methyl sites for hydroxylation is 1. The van der Waals surface area contributed by atoms with Crippen LogP contribution in [0.25, 0.3) is 0 Å². The molecule has 0 saturated heterocycles. The maximum absolute atomic E-state index is 12.9. The van der Waals surface area contributed by atoms with Gasteiger partial charge in [0.05, 0.1) is 11.5 Å². The van der Waals surface area contributed by atoms with E-state index >= 15 is 0 Å². The van der Waals surface area contributed by atoms with Crippen LogP contribution in [0.2, 0.25) is 0 Å². The molecular formula is C12H17F3N4. The zero-order valence-corrected chi connectivity index (χ0v) is 10.7. The number of nitrogens with zero attached hydrogens (tertiary/aromatic N) is 3. The summed E-state index contributed by atoms with van der Waals surface area (Å²) in [4.78, 5) is 0. The van der Waals surface area contributed by atoms with E-state index in [2.05, 4.69) is 10.2 Å². The number of halogens is 3. The normalized spacial score (nSPS) is 26.9. The molecule has 0 amide bonds. The molecule has 2 heterocycles. The third kappa shape index (κ3) is 2.13. The largest absolute Gasteiger partial charge is 0.393 e. The zero-order valence-electron chi connectivity index (χ0n) is 10.7. The second-order valence-electron chi connectivity index (χ2n) is 5.88. The minimum absolute atomic E-state index is 0.0896. The van der Waals surface area contributed by atoms with Crippen LogP contribution in [-0.4, -0.2) is 20.9 Å². The van der Waals surface area contributed by atoms with Gasteiger partial charge in [-0.15, -0.1) is 10.2 Å². The highest BCUT2D eigenvalue weighted by molar-refractivity contribution is 5.14. The van der Waals surface area contributed by atoms with E-state index in [4.69, 9.17) is 5.73 Å². The first-order valence-corrected chi connectivity index (χ1v) is 6.58. The lowest BCUT2D eigenvalue weighted by atomic mass is 9.94. The van der Waals surface area contributed by atoms with Crippen molar-refractivity contribution in [3.05, 3.63) is 11.6 Å². The first-order chi connectivity index (χ1) is 8.80. The molecule has 1 saturated carbocycles. The van der Waals surface area contributed by atoms with Crippen LogP contribution in [0.4, 0.5) is 13.2 Å². The van der Waals surface area contributed by atoms with Gasteiger partial charge in [-0.3, -0.25) is 0 Å². The second-order valence-corrected chi connectivity index (χ2v) is 5.88. The van der Waals surface area contributed by atoms with Gasteiger partial charge < -0.3 is 10.3 Å². The van der Waals surface area contributed by atoms with Gasteiger partial charge in [-0.2, -0.15) is 13.2 Å². The quantitative estimate of drug-likeness (QED) is 0.897. The summed E-state index contributed by atoms with van der Waals surface area (Å²) in [6.45, 7) is 1.75. The SMILES string of the molecule is CC(N)(c1nnc2n1CC(C(F)(F)F)CC2)C1CC1. The predicted molar refractivity (Wildman–Crippen MR) is 62.2 cm³/mol. The lowest BCUT2D eigenvalue weighted by Crippen LogP contribution is -2.41. The lowest BCUT2D eigenvalue weighted by Gasteiger charge is -2.30. The first-order valence-electron chi connectivity index (χ1n) is 6.58. The minimum atomic E-state index is -4.16. The maximum Gasteiger partial charge on any atom is 0.393 e. The molecule has 2 N–H and O–H groups in total. The van der Waals surface area contributed by atoms with Crippen LogP contribution in [-0.2, 0) is 18.5 Å². The summed E-state index contributed by atoms with van der Waals surface area (Å²) < 4.78 is 40.2. The molecule has 7 heteroatoms. The van der Waals surface area contributed by atoms with Crippen molar-refractivity contribution in [3.63, 3.8) is 0 Å². The molecule has 0 aromatic carbocycles. The molecule has 2 atom stereocenters. The van der Waals surface area contributed by atoms with Gasteiger partial charge >= 0.3 is 6.18 Å². The molecule has 2 aliphatic rings. The molecule has 0 bridgehead atoms. The van der Waals surface area contributed by atoms with E-state index in [-0.39, 0.29) is 13.0 Å². The van der Waals surface area contributed by atoms with E-state index in [0.29, 0.717) is 24.0 Å². The molecule has 4 nitrogen and oxygen atoms in total. The Morgan fingerprint density at radius 1 is 1.16 bits per heavy atom. The third-order valence-electron chi connectivity index (χ3n) is 4.32. The predicted octanol–water partition coefficient (Wildman–Crippen LogP) is 1.99. The van der Waals surface area contributed by atoms with Crippen molar-refractivity contribution in [2.75, 3.05) is 0 Å². The molecule has 2 unspecified atom stereocenters. The first kappa shape index (κ1) is 12.9. The molecular weight excluding hydrogens is 257 g/mol. The fraction of sp³-hybridized carbons (Fsp3) is 0.833. The van der Waals surface area contributed by atoms with Crippen molar-refractivity contribution >= 4 is 0 Å². The molecule has 1 aromatic rings. The number of fused-ring (bicyclic) bond motifs is 1. The van der Waals surface area contributed by atoms with Crippen molar-refractivity contribution < 1.29 is 13.2 Å². The van der Waals surface area contributed by atoms with Gasteiger partial charge in [-0.05, 0) is 32.1 Å². The van der Waals surface area contributed by atoms with E-state index in [1.807, 2.05) is 6.92 Å². The van der Waals surface area contributed by atoms with E-state index in [9.17, 15) is 13.2 Å². The number of alkyl halides is 3. The fourth-order valence-corrected chi connectivity index (χ4v) is 2.86. The Morgan fingerprint density at radius 3 is 2.42 bits per heavy atom. The van der Waals surface area contributed by atoms with E-state index in [1.165, 1.54) is 0 Å². The van der Waals surface area contributed by atoms with Crippen LogP contribution >= 0.6 is 0 Å². The van der Waals surface area contributed by atoms with Gasteiger partial charge in [0.15, 0.2) is 5.82 Å². The van der Waals surface area contributed by atoms with Gasteiger partial charge in [-0.1, -0.05) is 0 Å². The van der Waals surface area contributed by atoms with Gasteiger partial charge in [0, 0.05) is 13.0 Å². The van der Waals surface area contributed by atoms with Crippen LogP contribution in [0.15, 0.2) is 0 Å². The van der Waals surface area contributed by atoms with Crippen LogP contribution in [0.5, 0.6) is 0 Å². The highest BCUT2D eigenvalue weighted by Crippen LogP contribution is 2.44. The van der Waals surface area contributed by atoms with Crippen LogP contribution in [0.1, 0.15) is 37.8 Å². The molecule has 1 aliphatic heterocycles. The summed E-state index contributed by atoms with van der Waals surface area (Å²) in [7, 11) is 0. The standard InChI is InChI=1S/C12H17F3N4/c1-11(16,7-2-3-7)10-18-17-9-5-4-8(6-19(9)10)12(13,14)15/h7-8H,2-6,16H2,1H3. The van der Waals surface area contributed by atoms with E-state index in [0.717, 1.165) is 12.8 Å². The molecule has 19 heavy (non-hydrogen) atoms. The molecule has 106 valence electrons. The summed E-state index contributed by atoms with van der Waals surface area (Å²) in [5.74, 6) is 0.142. The summed E-state index contributed by atoms with van der Waals surface area (Å²) in [6.07, 6.45) is -1.73. The summed E-state index contributed by atoms with van der Waals surface area (Å²) in [5.41, 5.74) is 5.59. The molecule has 1 aromatic heterocycles. The van der Waals surface area contributed by atoms with Crippen molar-refractivity contribution in [1.82, 2.24) is 14.8 Å². The lowest BCUT2D eigenvalue weighted by molar-refractivity contribution is -0.182. The number of aromatic nitrogens is 3. The Labute approximate surface area is 109 Å². The highest BCUT2D eigenvalue weighted by atomic mass is 19.4. The number of hydrogen-bond acceptors (Lipinski definition) is 3. The molecule has 1 fully saturated rings. The zero-order chi connectivity index (χ0) is 13.8. The molecule has 0 spiro atoms. The Kier molecular flexibility index (Phi) is 2.68. The Hall–Kier alpha value is -1.11. The number of hydrogen-bond donors (Lipinski definition) is 1. The Bertz CT molecular complexity index is 488. The van der Waals surface area contributed by atoms with E-state index in [1.54, 1.807) is 4.57 Å². The van der Waals surface area contributed by atoms with Crippen molar-refractivity contribution in [2.24, 2.45) is 17.6 Å². The topological polar surface area (TPSA) is 56.7 Å². The van der Waals surface area contributed by atoms with Crippen LogP contribution in [0, 0.1) is 11.8 Å². The minimum Gasteiger partial charge on any atom is -0.319 e. The average molecular weight is 274 g/mol. The van der Waals surface area contributed by atoms with Crippen molar-refractivity contribution in [1.29, 1.82) is 0 Å². The monoisotopic (exact) mass is 274 g/mol. The second kappa shape index (κ2) is 3.94. The van der Waals surface area contributed by atoms with E-state index < -0.39 is 17.6 Å². The van der Waals surface area contributed by atoms with Gasteiger partial charge in [0.1, 0.15) is 5.82 Å². The Balaban J connectivity index is 1.92. The van der Waals surface area contributed by atoms with Gasteiger partial charge in [0.25, 0.3) is 0 Å². The van der Waals surface area contributed by atoms with Gasteiger partial charge in [-0.25, -0.2) is 0 Å². The molecule has 0 radical (unpaired) electrons. The number of nitrogens with two attached hydrogens (primary N) is 1. The summed E-state index contributed by atoms with van der Waals surface area (Å²) in [5, 5.41) is 8.08. The number of rotatable bonds is 2. The summed E-state index contributed by atoms with van der Waals surface area (Å²) in [6, 6.07) is 0. The third-order valence-corrected chi connectivity index (χ3v) is 4.32. The maximum atomic E-state index is 12.9. The van der Waals surface area contributed by atoms with Gasteiger partial charge in [0.2, 0.25) is 0 Å². The summed E-state index contributed by atoms with van der Waals surface area (Å²) >= 11 is 0. The van der Waals surface area contributed by atoms with Crippen molar-refractivity contribution in [3.8, 4) is 0 Å². The highest BCUT2D eigenvalue weighted by Gasteiger charge is 2.47.